The van der Waals surface area contributed by atoms with Crippen LogP contribution < -0.4 is 5.32 Å². The normalized spacial score (nSPS) is 21.8. The maximum atomic E-state index is 4.08. The Labute approximate surface area is 123 Å². The van der Waals surface area contributed by atoms with Crippen molar-refractivity contribution in [3.63, 3.8) is 0 Å². The zero-order valence-corrected chi connectivity index (χ0v) is 13.0. The van der Waals surface area contributed by atoms with E-state index in [9.17, 15) is 0 Å². The number of nitrogens with one attached hydrogen (secondary N) is 1. The Balaban J connectivity index is 1.75. The van der Waals surface area contributed by atoms with Crippen molar-refractivity contribution in [2.75, 3.05) is 26.2 Å². The van der Waals surface area contributed by atoms with Crippen LogP contribution in [0.4, 0.5) is 0 Å². The van der Waals surface area contributed by atoms with Crippen LogP contribution in [0.15, 0.2) is 24.5 Å². The van der Waals surface area contributed by atoms with Crippen molar-refractivity contribution >= 4 is 0 Å². The van der Waals surface area contributed by atoms with E-state index in [0.29, 0.717) is 6.04 Å². The predicted molar refractivity (Wildman–Crippen MR) is 84.9 cm³/mol. The monoisotopic (exact) mass is 275 g/mol. The van der Waals surface area contributed by atoms with Gasteiger partial charge in [0.1, 0.15) is 0 Å². The fourth-order valence-electron chi connectivity index (χ4n) is 3.08. The second-order valence-electron chi connectivity index (χ2n) is 6.05. The van der Waals surface area contributed by atoms with Gasteiger partial charge in [-0.1, -0.05) is 6.92 Å². The largest absolute Gasteiger partial charge is 0.314 e. The lowest BCUT2D eigenvalue weighted by atomic mass is 9.91. The molecule has 0 saturated carbocycles. The first-order chi connectivity index (χ1) is 9.79. The predicted octanol–water partition coefficient (Wildman–Crippen LogP) is 2.72. The Morgan fingerprint density at radius 1 is 1.40 bits per heavy atom. The highest BCUT2D eigenvalue weighted by Gasteiger charge is 2.23. The molecule has 0 aromatic carbocycles. The van der Waals surface area contributed by atoms with Gasteiger partial charge >= 0.3 is 0 Å². The molecule has 1 aromatic rings. The molecule has 1 aliphatic heterocycles. The number of likely N-dealkylation sites (tertiary alicyclic amines) is 1. The van der Waals surface area contributed by atoms with Crippen molar-refractivity contribution in [3.8, 4) is 0 Å². The highest BCUT2D eigenvalue weighted by molar-refractivity contribution is 5.09. The van der Waals surface area contributed by atoms with Crippen LogP contribution in [0.3, 0.4) is 0 Å². The van der Waals surface area contributed by atoms with Crippen molar-refractivity contribution in [1.82, 2.24) is 15.2 Å². The molecule has 0 bridgehead atoms. The lowest BCUT2D eigenvalue weighted by Crippen LogP contribution is -2.45. The second-order valence-corrected chi connectivity index (χ2v) is 6.05. The van der Waals surface area contributed by atoms with Crippen molar-refractivity contribution in [2.24, 2.45) is 5.92 Å². The quantitative estimate of drug-likeness (QED) is 0.829. The minimum Gasteiger partial charge on any atom is -0.314 e. The first kappa shape index (κ1) is 15.5. The van der Waals surface area contributed by atoms with E-state index in [4.69, 9.17) is 0 Å². The zero-order chi connectivity index (χ0) is 14.2. The van der Waals surface area contributed by atoms with E-state index in [1.165, 1.54) is 44.5 Å². The summed E-state index contributed by atoms with van der Waals surface area (Å²) in [6.45, 7) is 9.44. The minimum absolute atomic E-state index is 0.652. The Morgan fingerprint density at radius 3 is 2.95 bits per heavy atom. The molecule has 2 heterocycles. The molecule has 1 aromatic heterocycles. The van der Waals surface area contributed by atoms with Crippen molar-refractivity contribution in [2.45, 2.75) is 45.6 Å². The molecule has 2 unspecified atom stereocenters. The molecule has 0 amide bonds. The molecule has 2 rings (SSSR count). The Morgan fingerprint density at radius 2 is 2.20 bits per heavy atom. The molecule has 0 spiro atoms. The molecule has 1 aliphatic rings. The number of hydrogen-bond donors (Lipinski definition) is 1. The highest BCUT2D eigenvalue weighted by Crippen LogP contribution is 2.20. The molecule has 0 aliphatic carbocycles. The standard InChI is InChI=1S/C17H29N3/c1-3-9-19-15(2)17-5-4-12-20(14-17)13-8-16-6-10-18-11-7-16/h6-7,10-11,15,17,19H,3-5,8-9,12-14H2,1-2H3. The van der Waals surface area contributed by atoms with Crippen LogP contribution in [0, 0.1) is 5.92 Å². The maximum Gasteiger partial charge on any atom is 0.0270 e. The van der Waals surface area contributed by atoms with Crippen LogP contribution in [0.1, 0.15) is 38.7 Å². The smallest absolute Gasteiger partial charge is 0.0270 e. The number of rotatable bonds is 7. The van der Waals surface area contributed by atoms with Crippen LogP contribution in [0.2, 0.25) is 0 Å². The van der Waals surface area contributed by atoms with Gasteiger partial charge < -0.3 is 10.2 Å². The van der Waals surface area contributed by atoms with Gasteiger partial charge in [-0.3, -0.25) is 4.98 Å². The summed E-state index contributed by atoms with van der Waals surface area (Å²) in [5.41, 5.74) is 1.40. The average molecular weight is 275 g/mol. The summed E-state index contributed by atoms with van der Waals surface area (Å²) in [5, 5.41) is 3.66. The van der Waals surface area contributed by atoms with E-state index in [2.05, 4.69) is 41.2 Å². The SMILES string of the molecule is CCCNC(C)C1CCCN(CCc2ccncc2)C1. The molecule has 1 fully saturated rings. The summed E-state index contributed by atoms with van der Waals surface area (Å²) in [4.78, 5) is 6.72. The number of hydrogen-bond acceptors (Lipinski definition) is 3. The molecule has 1 N–H and O–H groups in total. The molecule has 112 valence electrons. The third kappa shape index (κ3) is 4.88. The van der Waals surface area contributed by atoms with Crippen LogP contribution in [-0.2, 0) is 6.42 Å². The molecule has 2 atom stereocenters. The van der Waals surface area contributed by atoms with Crippen molar-refractivity contribution in [3.05, 3.63) is 30.1 Å². The highest BCUT2D eigenvalue weighted by atomic mass is 15.1. The number of pyridine rings is 1. The fourth-order valence-corrected chi connectivity index (χ4v) is 3.08. The van der Waals surface area contributed by atoms with Gasteiger partial charge in [0.15, 0.2) is 0 Å². The van der Waals surface area contributed by atoms with E-state index in [1.807, 2.05) is 12.4 Å². The third-order valence-corrected chi connectivity index (χ3v) is 4.43. The Bertz CT molecular complexity index is 366. The van der Waals surface area contributed by atoms with Gasteiger partial charge in [-0.25, -0.2) is 0 Å². The maximum absolute atomic E-state index is 4.08. The van der Waals surface area contributed by atoms with E-state index in [0.717, 1.165) is 18.9 Å². The Kier molecular flexibility index (Phi) is 6.48. The Hall–Kier alpha value is -0.930. The summed E-state index contributed by atoms with van der Waals surface area (Å²) in [6.07, 6.45) is 8.88. The van der Waals surface area contributed by atoms with Gasteiger partial charge in [0, 0.05) is 31.5 Å². The van der Waals surface area contributed by atoms with Crippen LogP contribution in [-0.4, -0.2) is 42.1 Å². The number of aromatic nitrogens is 1. The molecule has 0 radical (unpaired) electrons. The summed E-state index contributed by atoms with van der Waals surface area (Å²) >= 11 is 0. The molecule has 3 nitrogen and oxygen atoms in total. The summed E-state index contributed by atoms with van der Waals surface area (Å²) in [7, 11) is 0. The topological polar surface area (TPSA) is 28.2 Å². The first-order valence-electron chi connectivity index (χ1n) is 8.14. The van der Waals surface area contributed by atoms with E-state index in [-0.39, 0.29) is 0 Å². The van der Waals surface area contributed by atoms with Gasteiger partial charge in [-0.05, 0) is 69.3 Å². The molecular weight excluding hydrogens is 246 g/mol. The van der Waals surface area contributed by atoms with E-state index < -0.39 is 0 Å². The fraction of sp³-hybridized carbons (Fsp3) is 0.706. The first-order valence-corrected chi connectivity index (χ1v) is 8.14. The molecule has 20 heavy (non-hydrogen) atoms. The lowest BCUT2D eigenvalue weighted by molar-refractivity contribution is 0.152. The molecule has 1 saturated heterocycles. The van der Waals surface area contributed by atoms with Gasteiger partial charge in [-0.15, -0.1) is 0 Å². The lowest BCUT2D eigenvalue weighted by Gasteiger charge is -2.36. The summed E-state index contributed by atoms with van der Waals surface area (Å²) in [6, 6.07) is 4.92. The minimum atomic E-state index is 0.652. The van der Waals surface area contributed by atoms with Crippen LogP contribution >= 0.6 is 0 Å². The van der Waals surface area contributed by atoms with E-state index >= 15 is 0 Å². The van der Waals surface area contributed by atoms with Gasteiger partial charge in [0.05, 0.1) is 0 Å². The van der Waals surface area contributed by atoms with Crippen LogP contribution in [0.25, 0.3) is 0 Å². The summed E-state index contributed by atoms with van der Waals surface area (Å²) < 4.78 is 0. The van der Waals surface area contributed by atoms with E-state index in [1.54, 1.807) is 0 Å². The average Bonchev–Trinajstić information content (AvgIpc) is 2.52. The third-order valence-electron chi connectivity index (χ3n) is 4.43. The summed E-state index contributed by atoms with van der Waals surface area (Å²) in [5.74, 6) is 0.813. The van der Waals surface area contributed by atoms with Gasteiger partial charge in [0.2, 0.25) is 0 Å². The second kappa shape index (κ2) is 8.38. The van der Waals surface area contributed by atoms with Crippen molar-refractivity contribution < 1.29 is 0 Å². The molecule has 3 heteroatoms. The molecular formula is C17H29N3. The number of piperidine rings is 1. The van der Waals surface area contributed by atoms with Gasteiger partial charge in [-0.2, -0.15) is 0 Å². The van der Waals surface area contributed by atoms with Crippen LogP contribution in [0.5, 0.6) is 0 Å². The zero-order valence-electron chi connectivity index (χ0n) is 13.0. The van der Waals surface area contributed by atoms with Gasteiger partial charge in [0.25, 0.3) is 0 Å². The van der Waals surface area contributed by atoms with Crippen molar-refractivity contribution in [1.29, 1.82) is 0 Å². The number of nitrogens with zero attached hydrogens (tertiary/aromatic N) is 2.